The maximum atomic E-state index is 13.3. The number of unbranched alkanes of at least 4 members (excludes halogenated alkanes) is 1. The summed E-state index contributed by atoms with van der Waals surface area (Å²) in [5.41, 5.74) is -0.323. The Bertz CT molecular complexity index is 468. The standard InChI is InChI=1S/C20H34N2O2/c1-5-7-11-20(10-6-2)12-15-22(19(20)24)17(16(3)4)18(23)21-13-8-9-14-21/h6,16-17H,2,5,7-15H2,1,3-4H3/t17-,20-/m0/s1. The van der Waals surface area contributed by atoms with E-state index in [1.807, 2.05) is 15.9 Å². The molecule has 0 aromatic rings. The zero-order valence-corrected chi connectivity index (χ0v) is 15.7. The lowest BCUT2D eigenvalue weighted by atomic mass is 9.78. The van der Waals surface area contributed by atoms with Crippen molar-refractivity contribution in [2.45, 2.75) is 71.8 Å². The van der Waals surface area contributed by atoms with Gasteiger partial charge in [-0.05, 0) is 38.0 Å². The molecule has 2 aliphatic rings. The van der Waals surface area contributed by atoms with Crippen LogP contribution in [0, 0.1) is 11.3 Å². The second-order valence-electron chi connectivity index (χ2n) is 7.85. The molecule has 0 radical (unpaired) electrons. The van der Waals surface area contributed by atoms with Crippen LogP contribution in [0.5, 0.6) is 0 Å². The molecule has 0 unspecified atom stereocenters. The molecule has 0 aromatic carbocycles. The summed E-state index contributed by atoms with van der Waals surface area (Å²) < 4.78 is 0. The van der Waals surface area contributed by atoms with Crippen molar-refractivity contribution in [1.29, 1.82) is 0 Å². The van der Waals surface area contributed by atoms with E-state index in [9.17, 15) is 9.59 Å². The first kappa shape index (κ1) is 19.0. The molecular weight excluding hydrogens is 300 g/mol. The largest absolute Gasteiger partial charge is 0.341 e. The van der Waals surface area contributed by atoms with Gasteiger partial charge in [0.1, 0.15) is 6.04 Å². The van der Waals surface area contributed by atoms with E-state index in [1.165, 1.54) is 0 Å². The van der Waals surface area contributed by atoms with Crippen LogP contribution in [0.3, 0.4) is 0 Å². The predicted octanol–water partition coefficient (Wildman–Crippen LogP) is 3.62. The molecule has 2 saturated heterocycles. The average Bonchev–Trinajstić information content (AvgIpc) is 3.17. The number of carbonyl (C=O) groups excluding carboxylic acids is 2. The summed E-state index contributed by atoms with van der Waals surface area (Å²) in [6.45, 7) is 12.5. The van der Waals surface area contributed by atoms with Crippen LogP contribution in [0.1, 0.15) is 65.7 Å². The molecule has 2 heterocycles. The fraction of sp³-hybridized carbons (Fsp3) is 0.800. The Hall–Kier alpha value is -1.32. The fourth-order valence-corrected chi connectivity index (χ4v) is 4.33. The van der Waals surface area contributed by atoms with Gasteiger partial charge in [-0.3, -0.25) is 9.59 Å². The molecule has 2 aliphatic heterocycles. The minimum absolute atomic E-state index is 0.146. The van der Waals surface area contributed by atoms with E-state index < -0.39 is 0 Å². The van der Waals surface area contributed by atoms with Gasteiger partial charge >= 0.3 is 0 Å². The SMILES string of the molecule is C=CC[C@]1(CCCC)CCN([C@H](C(=O)N2CCCC2)C(C)C)C1=O. The van der Waals surface area contributed by atoms with Crippen LogP contribution in [0.25, 0.3) is 0 Å². The Morgan fingerprint density at radius 3 is 2.50 bits per heavy atom. The van der Waals surface area contributed by atoms with Crippen molar-refractivity contribution in [2.24, 2.45) is 11.3 Å². The summed E-state index contributed by atoms with van der Waals surface area (Å²) in [7, 11) is 0. The van der Waals surface area contributed by atoms with Crippen molar-refractivity contribution in [2.75, 3.05) is 19.6 Å². The van der Waals surface area contributed by atoms with Crippen LogP contribution < -0.4 is 0 Å². The van der Waals surface area contributed by atoms with E-state index >= 15 is 0 Å². The van der Waals surface area contributed by atoms with Crippen molar-refractivity contribution >= 4 is 11.8 Å². The third-order valence-electron chi connectivity index (χ3n) is 5.73. The first-order valence-electron chi connectivity index (χ1n) is 9.67. The molecule has 0 spiro atoms. The topological polar surface area (TPSA) is 40.6 Å². The van der Waals surface area contributed by atoms with E-state index in [0.29, 0.717) is 6.54 Å². The molecule has 2 atom stereocenters. The maximum Gasteiger partial charge on any atom is 0.245 e. The number of allylic oxidation sites excluding steroid dienone is 1. The van der Waals surface area contributed by atoms with Crippen LogP contribution in [-0.4, -0.2) is 47.3 Å². The molecule has 0 bridgehead atoms. The summed E-state index contributed by atoms with van der Waals surface area (Å²) >= 11 is 0. The second kappa shape index (κ2) is 8.17. The minimum Gasteiger partial charge on any atom is -0.341 e. The Morgan fingerprint density at radius 1 is 1.29 bits per heavy atom. The normalized spacial score (nSPS) is 25.6. The van der Waals surface area contributed by atoms with E-state index in [4.69, 9.17) is 0 Å². The number of amides is 2. The highest BCUT2D eigenvalue weighted by molar-refractivity contribution is 5.92. The molecule has 0 saturated carbocycles. The first-order chi connectivity index (χ1) is 11.5. The Kier molecular flexibility index (Phi) is 6.47. The maximum absolute atomic E-state index is 13.3. The highest BCUT2D eigenvalue weighted by atomic mass is 16.2. The number of hydrogen-bond donors (Lipinski definition) is 0. The summed E-state index contributed by atoms with van der Waals surface area (Å²) in [5, 5.41) is 0. The van der Waals surface area contributed by atoms with E-state index in [2.05, 4.69) is 27.4 Å². The first-order valence-corrected chi connectivity index (χ1v) is 9.67. The van der Waals surface area contributed by atoms with Crippen LogP contribution in [-0.2, 0) is 9.59 Å². The van der Waals surface area contributed by atoms with Crippen LogP contribution in [0.15, 0.2) is 12.7 Å². The fourth-order valence-electron chi connectivity index (χ4n) is 4.33. The van der Waals surface area contributed by atoms with E-state index in [-0.39, 0.29) is 29.2 Å². The zero-order valence-electron chi connectivity index (χ0n) is 15.7. The number of nitrogens with zero attached hydrogens (tertiary/aromatic N) is 2. The summed E-state index contributed by atoms with van der Waals surface area (Å²) in [6.07, 6.45) is 8.69. The van der Waals surface area contributed by atoms with Crippen LogP contribution in [0.2, 0.25) is 0 Å². The van der Waals surface area contributed by atoms with Gasteiger partial charge in [-0.25, -0.2) is 0 Å². The smallest absolute Gasteiger partial charge is 0.245 e. The van der Waals surface area contributed by atoms with Gasteiger partial charge in [0, 0.05) is 19.6 Å². The second-order valence-corrected chi connectivity index (χ2v) is 7.85. The summed E-state index contributed by atoms with van der Waals surface area (Å²) in [5.74, 6) is 0.482. The molecule has 24 heavy (non-hydrogen) atoms. The Balaban J connectivity index is 2.20. The molecule has 0 N–H and O–H groups in total. The number of likely N-dealkylation sites (tertiary alicyclic amines) is 2. The lowest BCUT2D eigenvalue weighted by molar-refractivity contribution is -0.148. The van der Waals surface area contributed by atoms with Crippen molar-refractivity contribution in [1.82, 2.24) is 9.80 Å². The minimum atomic E-state index is -0.323. The molecule has 4 nitrogen and oxygen atoms in total. The number of hydrogen-bond acceptors (Lipinski definition) is 2. The van der Waals surface area contributed by atoms with Crippen molar-refractivity contribution < 1.29 is 9.59 Å². The lowest BCUT2D eigenvalue weighted by Gasteiger charge is -2.35. The third-order valence-corrected chi connectivity index (χ3v) is 5.73. The van der Waals surface area contributed by atoms with Crippen LogP contribution in [0.4, 0.5) is 0 Å². The van der Waals surface area contributed by atoms with Gasteiger partial charge in [0.15, 0.2) is 0 Å². The highest BCUT2D eigenvalue weighted by Crippen LogP contribution is 2.42. The molecule has 2 amide bonds. The van der Waals surface area contributed by atoms with E-state index in [0.717, 1.165) is 58.0 Å². The Labute approximate surface area is 147 Å². The van der Waals surface area contributed by atoms with Gasteiger partial charge in [0.25, 0.3) is 0 Å². The van der Waals surface area contributed by atoms with Gasteiger partial charge < -0.3 is 9.80 Å². The predicted molar refractivity (Wildman–Crippen MR) is 97.5 cm³/mol. The highest BCUT2D eigenvalue weighted by Gasteiger charge is 2.49. The van der Waals surface area contributed by atoms with Crippen LogP contribution >= 0.6 is 0 Å². The summed E-state index contributed by atoms with van der Waals surface area (Å²) in [6, 6.07) is -0.302. The molecular formula is C20H34N2O2. The average molecular weight is 335 g/mol. The van der Waals surface area contributed by atoms with E-state index in [1.54, 1.807) is 0 Å². The van der Waals surface area contributed by atoms with Gasteiger partial charge in [-0.1, -0.05) is 39.7 Å². The molecule has 136 valence electrons. The summed E-state index contributed by atoms with van der Waals surface area (Å²) in [4.78, 5) is 30.2. The molecule has 2 rings (SSSR count). The third kappa shape index (κ3) is 3.68. The molecule has 0 aliphatic carbocycles. The quantitative estimate of drug-likeness (QED) is 0.636. The van der Waals surface area contributed by atoms with Crippen molar-refractivity contribution in [3.8, 4) is 0 Å². The molecule has 2 fully saturated rings. The van der Waals surface area contributed by atoms with Gasteiger partial charge in [-0.15, -0.1) is 6.58 Å². The number of rotatable bonds is 8. The monoisotopic (exact) mass is 334 g/mol. The number of carbonyl (C=O) groups is 2. The van der Waals surface area contributed by atoms with Crippen molar-refractivity contribution in [3.63, 3.8) is 0 Å². The van der Waals surface area contributed by atoms with Gasteiger partial charge in [-0.2, -0.15) is 0 Å². The Morgan fingerprint density at radius 2 is 1.96 bits per heavy atom. The molecule has 4 heteroatoms. The molecule has 0 aromatic heterocycles. The lowest BCUT2D eigenvalue weighted by Crippen LogP contribution is -2.52. The zero-order chi connectivity index (χ0) is 17.7. The van der Waals surface area contributed by atoms with Crippen molar-refractivity contribution in [3.05, 3.63) is 12.7 Å². The van der Waals surface area contributed by atoms with Gasteiger partial charge in [0.05, 0.1) is 5.41 Å². The van der Waals surface area contributed by atoms with Gasteiger partial charge in [0.2, 0.25) is 11.8 Å².